The minimum absolute atomic E-state index is 0.168. The molecule has 0 radical (unpaired) electrons. The third-order valence-corrected chi connectivity index (χ3v) is 4.41. The van der Waals surface area contributed by atoms with Gasteiger partial charge in [-0.25, -0.2) is 0 Å². The van der Waals surface area contributed by atoms with E-state index in [4.69, 9.17) is 27.9 Å². The van der Waals surface area contributed by atoms with E-state index < -0.39 is 0 Å². The molecule has 1 aromatic carbocycles. The van der Waals surface area contributed by atoms with Crippen molar-refractivity contribution in [3.63, 3.8) is 0 Å². The molecule has 0 bridgehead atoms. The highest BCUT2D eigenvalue weighted by atomic mass is 35.5. The highest BCUT2D eigenvalue weighted by molar-refractivity contribution is 6.36. The van der Waals surface area contributed by atoms with Crippen LogP contribution in [0.3, 0.4) is 0 Å². The highest BCUT2D eigenvalue weighted by Gasteiger charge is 2.27. The lowest BCUT2D eigenvalue weighted by molar-refractivity contribution is -0.0381. The molecule has 1 aliphatic heterocycles. The van der Waals surface area contributed by atoms with E-state index in [-0.39, 0.29) is 12.1 Å². The van der Waals surface area contributed by atoms with Crippen molar-refractivity contribution in [3.8, 4) is 0 Å². The van der Waals surface area contributed by atoms with Gasteiger partial charge in [0.15, 0.2) is 0 Å². The first-order valence-corrected chi connectivity index (χ1v) is 7.83. The summed E-state index contributed by atoms with van der Waals surface area (Å²) in [6.07, 6.45) is 0.950. The number of halogens is 2. The molecule has 3 nitrogen and oxygen atoms in total. The van der Waals surface area contributed by atoms with Crippen LogP contribution >= 0.6 is 23.2 Å². The monoisotopic (exact) mass is 316 g/mol. The molecule has 1 aromatic rings. The van der Waals surface area contributed by atoms with Crippen LogP contribution in [0.25, 0.3) is 0 Å². The summed E-state index contributed by atoms with van der Waals surface area (Å²) < 4.78 is 5.92. The van der Waals surface area contributed by atoms with Crippen LogP contribution in [0.15, 0.2) is 18.2 Å². The van der Waals surface area contributed by atoms with Crippen molar-refractivity contribution in [2.75, 3.05) is 33.3 Å². The zero-order valence-corrected chi connectivity index (χ0v) is 13.5. The fourth-order valence-corrected chi connectivity index (χ4v) is 3.15. The van der Waals surface area contributed by atoms with Crippen LogP contribution in [-0.4, -0.2) is 50.3 Å². The van der Waals surface area contributed by atoms with Crippen LogP contribution in [-0.2, 0) is 11.2 Å². The molecule has 1 heterocycles. The number of rotatable bonds is 5. The van der Waals surface area contributed by atoms with Gasteiger partial charge in [0, 0.05) is 29.2 Å². The first-order chi connectivity index (χ1) is 9.61. The molecule has 0 saturated carbocycles. The predicted molar refractivity (Wildman–Crippen MR) is 84.9 cm³/mol. The Labute approximate surface area is 131 Å². The lowest BCUT2D eigenvalue weighted by Crippen LogP contribution is -2.52. The van der Waals surface area contributed by atoms with Gasteiger partial charge >= 0.3 is 0 Å². The maximum atomic E-state index is 6.28. The molecule has 0 aromatic heterocycles. The summed E-state index contributed by atoms with van der Waals surface area (Å²) in [5.74, 6) is 0. The van der Waals surface area contributed by atoms with Crippen molar-refractivity contribution in [2.45, 2.75) is 25.5 Å². The highest BCUT2D eigenvalue weighted by Crippen LogP contribution is 2.26. The number of nitrogens with zero attached hydrogens (tertiary/aromatic N) is 1. The second-order valence-electron chi connectivity index (χ2n) is 5.24. The zero-order chi connectivity index (χ0) is 14.5. The molecule has 2 rings (SSSR count). The lowest BCUT2D eigenvalue weighted by atomic mass is 9.99. The number of benzene rings is 1. The summed E-state index contributed by atoms with van der Waals surface area (Å²) in [6.45, 7) is 5.70. The van der Waals surface area contributed by atoms with Crippen molar-refractivity contribution >= 4 is 23.2 Å². The topological polar surface area (TPSA) is 24.5 Å². The lowest BCUT2D eigenvalue weighted by Gasteiger charge is -2.35. The van der Waals surface area contributed by atoms with Gasteiger partial charge in [0.1, 0.15) is 0 Å². The Morgan fingerprint density at radius 1 is 1.40 bits per heavy atom. The third kappa shape index (κ3) is 4.09. The minimum atomic E-state index is 0.168. The molecule has 1 fully saturated rings. The summed E-state index contributed by atoms with van der Waals surface area (Å²) >= 11 is 12.6. The molecule has 2 unspecified atom stereocenters. The van der Waals surface area contributed by atoms with Crippen molar-refractivity contribution in [2.24, 2.45) is 0 Å². The SMILES string of the molecule is CCNC(Cc1c(Cl)cccc1Cl)C1CN(C)CCO1. The Kier molecular flexibility index (Phi) is 6.12. The van der Waals surface area contributed by atoms with Gasteiger partial charge in [-0.2, -0.15) is 0 Å². The van der Waals surface area contributed by atoms with Crippen LogP contribution < -0.4 is 5.32 Å². The maximum Gasteiger partial charge on any atom is 0.0858 e. The van der Waals surface area contributed by atoms with E-state index in [1.807, 2.05) is 18.2 Å². The van der Waals surface area contributed by atoms with E-state index in [2.05, 4.69) is 24.2 Å². The Hall–Kier alpha value is -0.320. The molecule has 2 atom stereocenters. The molecular formula is C15H22Cl2N2O. The van der Waals surface area contributed by atoms with E-state index >= 15 is 0 Å². The predicted octanol–water partition coefficient (Wildman–Crippen LogP) is 2.84. The molecule has 20 heavy (non-hydrogen) atoms. The number of hydrogen-bond donors (Lipinski definition) is 1. The third-order valence-electron chi connectivity index (χ3n) is 3.70. The van der Waals surface area contributed by atoms with Gasteiger partial charge in [-0.15, -0.1) is 0 Å². The van der Waals surface area contributed by atoms with Crippen molar-refractivity contribution < 1.29 is 4.74 Å². The normalized spacial score (nSPS) is 21.9. The van der Waals surface area contributed by atoms with E-state index in [0.29, 0.717) is 0 Å². The fourth-order valence-electron chi connectivity index (χ4n) is 2.60. The van der Waals surface area contributed by atoms with E-state index in [1.54, 1.807) is 0 Å². The van der Waals surface area contributed by atoms with Gasteiger partial charge in [0.2, 0.25) is 0 Å². The average Bonchev–Trinajstić information content (AvgIpc) is 2.42. The molecule has 0 amide bonds. The van der Waals surface area contributed by atoms with E-state index in [0.717, 1.165) is 48.3 Å². The van der Waals surface area contributed by atoms with Crippen molar-refractivity contribution in [3.05, 3.63) is 33.8 Å². The molecule has 1 saturated heterocycles. The molecule has 112 valence electrons. The minimum Gasteiger partial charge on any atom is -0.374 e. The number of hydrogen-bond acceptors (Lipinski definition) is 3. The Morgan fingerprint density at radius 3 is 2.70 bits per heavy atom. The largest absolute Gasteiger partial charge is 0.374 e. The molecule has 1 aliphatic rings. The summed E-state index contributed by atoms with van der Waals surface area (Å²) in [7, 11) is 2.13. The molecule has 0 aliphatic carbocycles. The van der Waals surface area contributed by atoms with Gasteiger partial charge in [-0.3, -0.25) is 0 Å². The van der Waals surface area contributed by atoms with E-state index in [1.165, 1.54) is 0 Å². The average molecular weight is 317 g/mol. The Bertz CT molecular complexity index is 422. The zero-order valence-electron chi connectivity index (χ0n) is 12.0. The molecular weight excluding hydrogens is 295 g/mol. The van der Waals surface area contributed by atoms with Crippen LogP contribution in [0.1, 0.15) is 12.5 Å². The second-order valence-corrected chi connectivity index (χ2v) is 6.05. The van der Waals surface area contributed by atoms with Gasteiger partial charge in [0.05, 0.1) is 12.7 Å². The van der Waals surface area contributed by atoms with Gasteiger partial charge in [-0.05, 0) is 37.7 Å². The molecule has 0 spiro atoms. The number of nitrogens with one attached hydrogen (secondary N) is 1. The summed E-state index contributed by atoms with van der Waals surface area (Å²) in [5.41, 5.74) is 0.999. The quantitative estimate of drug-likeness (QED) is 0.904. The fraction of sp³-hybridized carbons (Fsp3) is 0.600. The van der Waals surface area contributed by atoms with Crippen LogP contribution in [0, 0.1) is 0 Å². The smallest absolute Gasteiger partial charge is 0.0858 e. The standard InChI is InChI=1S/C15H22Cl2N2O/c1-3-18-14(15-10-19(2)7-8-20-15)9-11-12(16)5-4-6-13(11)17/h4-6,14-15,18H,3,7-10H2,1-2H3. The van der Waals surface area contributed by atoms with Crippen LogP contribution in [0.4, 0.5) is 0 Å². The second kappa shape index (κ2) is 7.62. The number of ether oxygens (including phenoxy) is 1. The number of morpholine rings is 1. The maximum absolute atomic E-state index is 6.28. The van der Waals surface area contributed by atoms with Crippen molar-refractivity contribution in [1.29, 1.82) is 0 Å². The van der Waals surface area contributed by atoms with Crippen molar-refractivity contribution in [1.82, 2.24) is 10.2 Å². The van der Waals surface area contributed by atoms with Crippen LogP contribution in [0.5, 0.6) is 0 Å². The van der Waals surface area contributed by atoms with Crippen LogP contribution in [0.2, 0.25) is 10.0 Å². The number of likely N-dealkylation sites (N-methyl/N-ethyl adjacent to an activating group) is 2. The Balaban J connectivity index is 2.12. The molecule has 1 N–H and O–H groups in total. The molecule has 5 heteroatoms. The summed E-state index contributed by atoms with van der Waals surface area (Å²) in [6, 6.07) is 5.88. The first kappa shape index (κ1) is 16.1. The van der Waals surface area contributed by atoms with Gasteiger partial charge in [-0.1, -0.05) is 36.2 Å². The van der Waals surface area contributed by atoms with Gasteiger partial charge in [0.25, 0.3) is 0 Å². The summed E-state index contributed by atoms with van der Waals surface area (Å²) in [5, 5.41) is 4.96. The van der Waals surface area contributed by atoms with E-state index in [9.17, 15) is 0 Å². The Morgan fingerprint density at radius 2 is 2.10 bits per heavy atom. The first-order valence-electron chi connectivity index (χ1n) is 7.08. The van der Waals surface area contributed by atoms with Gasteiger partial charge < -0.3 is 15.0 Å². The summed E-state index contributed by atoms with van der Waals surface area (Å²) in [4.78, 5) is 2.30.